The van der Waals surface area contributed by atoms with Crippen LogP contribution in [0.15, 0.2) is 30.3 Å². The highest BCUT2D eigenvalue weighted by atomic mass is 32.2. The summed E-state index contributed by atoms with van der Waals surface area (Å²) in [4.78, 5) is 12.7. The van der Waals surface area contributed by atoms with Crippen LogP contribution in [0.2, 0.25) is 0 Å². The van der Waals surface area contributed by atoms with Gasteiger partial charge in [0.25, 0.3) is 5.91 Å². The molecule has 1 fully saturated rings. The molecule has 146 valence electrons. The average molecular weight is 391 g/mol. The van der Waals surface area contributed by atoms with Gasteiger partial charge in [0.15, 0.2) is 9.84 Å². The van der Waals surface area contributed by atoms with E-state index in [1.165, 1.54) is 0 Å². The van der Waals surface area contributed by atoms with E-state index in [0.29, 0.717) is 23.6 Å². The molecule has 8 heteroatoms. The fraction of sp³-hybridized carbons (Fsp3) is 0.474. The fourth-order valence-corrected chi connectivity index (χ4v) is 4.75. The van der Waals surface area contributed by atoms with E-state index in [9.17, 15) is 13.2 Å². The maximum atomic E-state index is 12.7. The molecule has 0 bridgehead atoms. The Morgan fingerprint density at radius 2 is 2.04 bits per heavy atom. The molecule has 0 spiro atoms. The predicted molar refractivity (Wildman–Crippen MR) is 104 cm³/mol. The third-order valence-corrected chi connectivity index (χ3v) is 6.38. The quantitative estimate of drug-likeness (QED) is 0.865. The van der Waals surface area contributed by atoms with Crippen molar-refractivity contribution in [2.24, 2.45) is 0 Å². The molecule has 0 radical (unpaired) electrons. The summed E-state index contributed by atoms with van der Waals surface area (Å²) in [6.07, 6.45) is 0.496. The number of carbonyl (C=O) groups excluding carboxylic acids is 1. The second-order valence-electron chi connectivity index (χ2n) is 7.85. The van der Waals surface area contributed by atoms with Crippen LogP contribution in [0.5, 0.6) is 5.75 Å². The maximum absolute atomic E-state index is 12.7. The van der Waals surface area contributed by atoms with Crippen molar-refractivity contribution in [3.05, 3.63) is 41.6 Å². The minimum Gasteiger partial charge on any atom is -0.497 e. The van der Waals surface area contributed by atoms with Gasteiger partial charge in [0.05, 0.1) is 30.4 Å². The number of anilines is 1. The average Bonchev–Trinajstić information content (AvgIpc) is 3.17. The van der Waals surface area contributed by atoms with Crippen LogP contribution in [0.25, 0.3) is 0 Å². The molecule has 1 aromatic heterocycles. The number of hydrogen-bond donors (Lipinski definition) is 1. The molecule has 1 saturated heterocycles. The number of aromatic nitrogens is 2. The molecule has 0 unspecified atom stereocenters. The van der Waals surface area contributed by atoms with E-state index >= 15 is 0 Å². The number of nitrogens with zero attached hydrogens (tertiary/aromatic N) is 2. The first-order valence-corrected chi connectivity index (χ1v) is 10.7. The van der Waals surface area contributed by atoms with Crippen molar-refractivity contribution in [3.63, 3.8) is 0 Å². The Morgan fingerprint density at radius 3 is 2.63 bits per heavy atom. The Morgan fingerprint density at radius 1 is 1.30 bits per heavy atom. The number of ether oxygens (including phenoxy) is 1. The van der Waals surface area contributed by atoms with Gasteiger partial charge in [0, 0.05) is 17.0 Å². The number of amides is 1. The van der Waals surface area contributed by atoms with Crippen molar-refractivity contribution >= 4 is 21.6 Å². The molecule has 0 saturated carbocycles. The van der Waals surface area contributed by atoms with Crippen molar-refractivity contribution in [2.45, 2.75) is 38.6 Å². The van der Waals surface area contributed by atoms with Crippen molar-refractivity contribution in [1.82, 2.24) is 9.78 Å². The summed E-state index contributed by atoms with van der Waals surface area (Å²) >= 11 is 0. The van der Waals surface area contributed by atoms with Gasteiger partial charge in [0.1, 0.15) is 11.6 Å². The lowest BCUT2D eigenvalue weighted by Crippen LogP contribution is -2.20. The minimum atomic E-state index is -3.07. The molecule has 3 rings (SSSR count). The normalized spacial score (nSPS) is 19.0. The highest BCUT2D eigenvalue weighted by Crippen LogP contribution is 2.31. The summed E-state index contributed by atoms with van der Waals surface area (Å²) in [5.41, 5.74) is 1.03. The molecule has 27 heavy (non-hydrogen) atoms. The van der Waals surface area contributed by atoms with Gasteiger partial charge in [-0.1, -0.05) is 26.8 Å². The van der Waals surface area contributed by atoms with E-state index in [0.717, 1.165) is 5.69 Å². The molecule has 1 amide bonds. The van der Waals surface area contributed by atoms with Crippen molar-refractivity contribution < 1.29 is 17.9 Å². The zero-order valence-corrected chi connectivity index (χ0v) is 16.8. The lowest BCUT2D eigenvalue weighted by Gasteiger charge is -2.15. The van der Waals surface area contributed by atoms with Gasteiger partial charge >= 0.3 is 0 Å². The van der Waals surface area contributed by atoms with Crippen LogP contribution < -0.4 is 10.1 Å². The summed E-state index contributed by atoms with van der Waals surface area (Å²) in [6.45, 7) is 6.08. The molecule has 1 aromatic carbocycles. The summed E-state index contributed by atoms with van der Waals surface area (Å²) in [5.74, 6) is 0.992. The molecule has 1 N–H and O–H groups in total. The predicted octanol–water partition coefficient (Wildman–Crippen LogP) is 2.80. The standard InChI is InChI=1S/C19H25N3O4S/c1-19(2,3)16-11-17(22(21-16)14-8-9-27(24,25)12-14)20-18(23)13-6-5-7-15(10-13)26-4/h5-7,10-11,14H,8-9,12H2,1-4H3,(H,20,23)/t14-/m1/s1. The third kappa shape index (κ3) is 4.32. The Labute approximate surface area is 159 Å². The van der Waals surface area contributed by atoms with Gasteiger partial charge in [-0.15, -0.1) is 0 Å². The highest BCUT2D eigenvalue weighted by Gasteiger charge is 2.33. The first kappa shape index (κ1) is 19.4. The number of rotatable bonds is 4. The second kappa shape index (κ2) is 6.99. The number of sulfone groups is 1. The van der Waals surface area contributed by atoms with E-state index in [1.54, 1.807) is 36.1 Å². The lowest BCUT2D eigenvalue weighted by molar-refractivity contribution is 0.102. The van der Waals surface area contributed by atoms with Crippen molar-refractivity contribution in [3.8, 4) is 5.75 Å². The van der Waals surface area contributed by atoms with Crippen LogP contribution in [0, 0.1) is 0 Å². The maximum Gasteiger partial charge on any atom is 0.256 e. The Bertz CT molecular complexity index is 958. The summed E-state index contributed by atoms with van der Waals surface area (Å²) < 4.78 is 30.6. The number of hydrogen-bond acceptors (Lipinski definition) is 5. The Kier molecular flexibility index (Phi) is 5.03. The number of nitrogens with one attached hydrogen (secondary N) is 1. The SMILES string of the molecule is COc1cccc(C(=O)Nc2cc(C(C)(C)C)nn2[C@@H]2CCS(=O)(=O)C2)c1. The largest absolute Gasteiger partial charge is 0.497 e. The number of benzene rings is 1. The molecule has 1 atom stereocenters. The zero-order valence-electron chi connectivity index (χ0n) is 16.0. The van der Waals surface area contributed by atoms with Crippen LogP contribution in [-0.2, 0) is 15.3 Å². The van der Waals surface area contributed by atoms with E-state index in [2.05, 4.69) is 10.4 Å². The zero-order chi connectivity index (χ0) is 19.8. The molecule has 7 nitrogen and oxygen atoms in total. The highest BCUT2D eigenvalue weighted by molar-refractivity contribution is 7.91. The molecule has 2 aromatic rings. The van der Waals surface area contributed by atoms with Crippen LogP contribution in [-0.4, -0.2) is 42.7 Å². The molecule has 0 aliphatic carbocycles. The Hall–Kier alpha value is -2.35. The van der Waals surface area contributed by atoms with E-state index in [-0.39, 0.29) is 28.9 Å². The molecule has 1 aliphatic rings. The van der Waals surface area contributed by atoms with Crippen LogP contribution in [0.4, 0.5) is 5.82 Å². The Balaban J connectivity index is 1.93. The first-order chi connectivity index (χ1) is 12.6. The molecule has 1 aliphatic heterocycles. The smallest absolute Gasteiger partial charge is 0.256 e. The topological polar surface area (TPSA) is 90.3 Å². The number of methoxy groups -OCH3 is 1. The molecular weight excluding hydrogens is 366 g/mol. The number of carbonyl (C=O) groups is 1. The molecule has 2 heterocycles. The van der Waals surface area contributed by atoms with Gasteiger partial charge in [-0.05, 0) is 24.6 Å². The summed E-state index contributed by atoms with van der Waals surface area (Å²) in [5, 5.41) is 7.51. The van der Waals surface area contributed by atoms with Crippen LogP contribution in [0.1, 0.15) is 49.3 Å². The van der Waals surface area contributed by atoms with Gasteiger partial charge < -0.3 is 10.1 Å². The van der Waals surface area contributed by atoms with Gasteiger partial charge in [0.2, 0.25) is 0 Å². The first-order valence-electron chi connectivity index (χ1n) is 8.85. The van der Waals surface area contributed by atoms with Crippen LogP contribution in [0.3, 0.4) is 0 Å². The fourth-order valence-electron chi connectivity index (χ4n) is 3.05. The van der Waals surface area contributed by atoms with Gasteiger partial charge in [-0.2, -0.15) is 5.10 Å². The third-order valence-electron chi connectivity index (χ3n) is 4.63. The van der Waals surface area contributed by atoms with Crippen molar-refractivity contribution in [1.29, 1.82) is 0 Å². The monoisotopic (exact) mass is 391 g/mol. The summed E-state index contributed by atoms with van der Waals surface area (Å²) in [7, 11) is -1.52. The minimum absolute atomic E-state index is 0.0420. The van der Waals surface area contributed by atoms with Crippen LogP contribution >= 0.6 is 0 Å². The second-order valence-corrected chi connectivity index (χ2v) is 10.1. The van der Waals surface area contributed by atoms with E-state index in [4.69, 9.17) is 4.74 Å². The van der Waals surface area contributed by atoms with E-state index in [1.807, 2.05) is 26.8 Å². The van der Waals surface area contributed by atoms with Gasteiger partial charge in [-0.3, -0.25) is 4.79 Å². The molecular formula is C19H25N3O4S. The summed E-state index contributed by atoms with van der Waals surface area (Å²) in [6, 6.07) is 8.41. The van der Waals surface area contributed by atoms with E-state index < -0.39 is 9.84 Å². The van der Waals surface area contributed by atoms with Crippen molar-refractivity contribution in [2.75, 3.05) is 23.9 Å². The van der Waals surface area contributed by atoms with Gasteiger partial charge in [-0.25, -0.2) is 13.1 Å². The lowest BCUT2D eigenvalue weighted by atomic mass is 9.92.